The molecule has 3 aromatic carbocycles. The monoisotopic (exact) mass is 585 g/mol. The Morgan fingerprint density at radius 3 is 2.25 bits per heavy atom. The van der Waals surface area contributed by atoms with E-state index >= 15 is 0 Å². The molecule has 2 unspecified atom stereocenters. The van der Waals surface area contributed by atoms with Crippen LogP contribution >= 0.6 is 35.6 Å². The van der Waals surface area contributed by atoms with Gasteiger partial charge in [0.1, 0.15) is 29.1 Å². The van der Waals surface area contributed by atoms with E-state index in [4.69, 9.17) is 37.7 Å². The van der Waals surface area contributed by atoms with E-state index in [1.54, 1.807) is 13.3 Å². The minimum atomic E-state index is -0.254. The maximum absolute atomic E-state index is 6.40. The molecule has 0 radical (unpaired) electrons. The number of nitrogens with zero attached hydrogens (tertiary/aromatic N) is 2. The highest BCUT2D eigenvalue weighted by molar-refractivity contribution is 7.99. The summed E-state index contributed by atoms with van der Waals surface area (Å²) in [5.74, 6) is 2.99. The number of nitrogens with one attached hydrogen (secondary N) is 1. The van der Waals surface area contributed by atoms with Gasteiger partial charge >= 0.3 is 0 Å². The Morgan fingerprint density at radius 2 is 1.57 bits per heavy atom. The molecule has 2 aromatic heterocycles. The molecule has 0 aliphatic carbocycles. The van der Waals surface area contributed by atoms with E-state index < -0.39 is 0 Å². The summed E-state index contributed by atoms with van der Waals surface area (Å²) in [5.41, 5.74) is 1.78. The summed E-state index contributed by atoms with van der Waals surface area (Å²) in [6.45, 7) is 0. The van der Waals surface area contributed by atoms with Gasteiger partial charge in [-0.2, -0.15) is 0 Å². The van der Waals surface area contributed by atoms with E-state index in [0.29, 0.717) is 15.9 Å². The van der Waals surface area contributed by atoms with Gasteiger partial charge in [0.25, 0.3) is 0 Å². The predicted molar refractivity (Wildman–Crippen MR) is 162 cm³/mol. The molecule has 1 N–H and O–H groups in total. The Morgan fingerprint density at radius 1 is 0.875 bits per heavy atom. The summed E-state index contributed by atoms with van der Waals surface area (Å²) in [7, 11) is 1.64. The molecular formula is C31H24ClN3O3S2. The third-order valence-electron chi connectivity index (χ3n) is 6.43. The molecule has 0 spiro atoms. The van der Waals surface area contributed by atoms with Crippen molar-refractivity contribution >= 4 is 46.4 Å². The number of aromatic nitrogens is 1. The molecular weight excluding hydrogens is 562 g/mol. The normalized spacial score (nSPS) is 16.6. The Kier molecular flexibility index (Phi) is 7.64. The number of furan rings is 1. The van der Waals surface area contributed by atoms with Crippen molar-refractivity contribution in [2.24, 2.45) is 0 Å². The van der Waals surface area contributed by atoms with Crippen LogP contribution in [0.25, 0.3) is 0 Å². The van der Waals surface area contributed by atoms with E-state index in [1.807, 2.05) is 103 Å². The predicted octanol–water partition coefficient (Wildman–Crippen LogP) is 8.46. The summed E-state index contributed by atoms with van der Waals surface area (Å²) in [5, 5.41) is 5.53. The van der Waals surface area contributed by atoms with E-state index in [-0.39, 0.29) is 12.1 Å². The van der Waals surface area contributed by atoms with Crippen LogP contribution in [0.4, 0.5) is 5.69 Å². The van der Waals surface area contributed by atoms with Gasteiger partial charge in [0.2, 0.25) is 0 Å². The SMILES string of the molecule is COc1ccc(Oc2ccc(N3C(=S)NC(c4ccccn4)C3c3ccc(Sc4ccc(Cl)cc4)o3)cc2)cc1. The van der Waals surface area contributed by atoms with Gasteiger partial charge in [-0.05, 0) is 109 Å². The number of hydrogen-bond donors (Lipinski definition) is 1. The number of pyridine rings is 1. The summed E-state index contributed by atoms with van der Waals surface area (Å²) in [4.78, 5) is 7.73. The van der Waals surface area contributed by atoms with Gasteiger partial charge in [0.05, 0.1) is 18.8 Å². The molecule has 1 aliphatic heterocycles. The molecule has 3 heterocycles. The first-order valence-corrected chi connectivity index (χ1v) is 14.1. The molecule has 6 rings (SSSR count). The molecule has 40 heavy (non-hydrogen) atoms. The van der Waals surface area contributed by atoms with E-state index in [1.165, 1.54) is 11.8 Å². The maximum Gasteiger partial charge on any atom is 0.174 e. The lowest BCUT2D eigenvalue weighted by atomic mass is 10.0. The number of rotatable bonds is 8. The molecule has 1 aliphatic rings. The minimum absolute atomic E-state index is 0.205. The fourth-order valence-corrected chi connectivity index (χ4v) is 5.79. The second-order valence-corrected chi connectivity index (χ2v) is 10.9. The van der Waals surface area contributed by atoms with E-state index in [2.05, 4.69) is 15.2 Å². The van der Waals surface area contributed by atoms with Gasteiger partial charge in [0, 0.05) is 21.8 Å². The van der Waals surface area contributed by atoms with Crippen molar-refractivity contribution in [3.05, 3.63) is 126 Å². The van der Waals surface area contributed by atoms with Crippen molar-refractivity contribution in [1.82, 2.24) is 10.3 Å². The zero-order valence-corrected chi connectivity index (χ0v) is 23.7. The summed E-state index contributed by atoms with van der Waals surface area (Å²) < 4.78 is 17.7. The Balaban J connectivity index is 1.29. The lowest BCUT2D eigenvalue weighted by Gasteiger charge is -2.26. The van der Waals surface area contributed by atoms with Crippen LogP contribution in [0.15, 0.2) is 124 Å². The highest BCUT2D eigenvalue weighted by Crippen LogP contribution is 2.44. The first-order chi connectivity index (χ1) is 19.6. The lowest BCUT2D eigenvalue weighted by Crippen LogP contribution is -2.29. The average Bonchev–Trinajstić information content (AvgIpc) is 3.59. The topological polar surface area (TPSA) is 59.8 Å². The first-order valence-electron chi connectivity index (χ1n) is 12.5. The van der Waals surface area contributed by atoms with Crippen molar-refractivity contribution in [2.45, 2.75) is 22.1 Å². The number of anilines is 1. The largest absolute Gasteiger partial charge is 0.497 e. The third-order valence-corrected chi connectivity index (χ3v) is 7.93. The van der Waals surface area contributed by atoms with Gasteiger partial charge in [-0.15, -0.1) is 0 Å². The second kappa shape index (κ2) is 11.6. The molecule has 0 amide bonds. The molecule has 200 valence electrons. The molecule has 1 saturated heterocycles. The lowest BCUT2D eigenvalue weighted by molar-refractivity contribution is 0.383. The van der Waals surface area contributed by atoms with Gasteiger partial charge in [-0.25, -0.2) is 0 Å². The van der Waals surface area contributed by atoms with Gasteiger partial charge in [0.15, 0.2) is 10.2 Å². The van der Waals surface area contributed by atoms with Gasteiger partial charge in [-0.3, -0.25) is 4.98 Å². The van der Waals surface area contributed by atoms with Crippen molar-refractivity contribution in [3.8, 4) is 17.2 Å². The summed E-state index contributed by atoms with van der Waals surface area (Å²) >= 11 is 13.4. The van der Waals surface area contributed by atoms with Crippen LogP contribution in [-0.4, -0.2) is 17.2 Å². The second-order valence-electron chi connectivity index (χ2n) is 8.98. The van der Waals surface area contributed by atoms with Crippen LogP contribution in [0.2, 0.25) is 5.02 Å². The van der Waals surface area contributed by atoms with E-state index in [0.717, 1.165) is 38.6 Å². The van der Waals surface area contributed by atoms with Crippen LogP contribution in [0.5, 0.6) is 17.2 Å². The molecule has 5 aromatic rings. The molecule has 6 nitrogen and oxygen atoms in total. The number of methoxy groups -OCH3 is 1. The number of benzene rings is 3. The van der Waals surface area contributed by atoms with Crippen molar-refractivity contribution < 1.29 is 13.9 Å². The maximum atomic E-state index is 6.40. The van der Waals surface area contributed by atoms with Crippen LogP contribution < -0.4 is 19.7 Å². The van der Waals surface area contributed by atoms with Crippen LogP contribution in [0, 0.1) is 0 Å². The highest BCUT2D eigenvalue weighted by atomic mass is 35.5. The third kappa shape index (κ3) is 5.65. The molecule has 9 heteroatoms. The summed E-state index contributed by atoms with van der Waals surface area (Å²) in [6.07, 6.45) is 1.79. The molecule has 0 bridgehead atoms. The van der Waals surface area contributed by atoms with Crippen LogP contribution in [0.1, 0.15) is 23.5 Å². The zero-order chi connectivity index (χ0) is 27.5. The Bertz CT molecular complexity index is 1590. The fourth-order valence-electron chi connectivity index (χ4n) is 4.54. The molecule has 2 atom stereocenters. The number of thiocarbonyl (C=S) groups is 1. The smallest absolute Gasteiger partial charge is 0.174 e. The Hall–Kier alpha value is -3.98. The van der Waals surface area contributed by atoms with Crippen molar-refractivity contribution in [3.63, 3.8) is 0 Å². The molecule has 0 saturated carbocycles. The van der Waals surface area contributed by atoms with Crippen molar-refractivity contribution in [2.75, 3.05) is 12.0 Å². The van der Waals surface area contributed by atoms with Gasteiger partial charge in [-0.1, -0.05) is 29.4 Å². The number of ether oxygens (including phenoxy) is 2. The zero-order valence-electron chi connectivity index (χ0n) is 21.4. The fraction of sp³-hybridized carbons (Fsp3) is 0.0968. The summed E-state index contributed by atoms with van der Waals surface area (Å²) in [6, 6.07) is 32.4. The first kappa shape index (κ1) is 26.3. The van der Waals surface area contributed by atoms with Crippen LogP contribution in [-0.2, 0) is 0 Å². The van der Waals surface area contributed by atoms with Crippen molar-refractivity contribution in [1.29, 1.82) is 0 Å². The van der Waals surface area contributed by atoms with Gasteiger partial charge < -0.3 is 24.1 Å². The van der Waals surface area contributed by atoms with Crippen LogP contribution in [0.3, 0.4) is 0 Å². The molecule has 1 fully saturated rings. The number of hydrogen-bond acceptors (Lipinski definition) is 6. The highest BCUT2D eigenvalue weighted by Gasteiger charge is 2.42. The average molecular weight is 586 g/mol. The minimum Gasteiger partial charge on any atom is -0.497 e. The quantitative estimate of drug-likeness (QED) is 0.182. The Labute approximate surface area is 246 Å². The number of halogens is 1. The standard InChI is InChI=1S/C31H24ClN3O3S2/c1-36-22-11-13-24(14-12-22)37-23-9-7-21(8-10-23)35-30(29(34-31(35)39)26-4-2-3-19-33-26)27-17-18-28(38-27)40-25-15-5-20(32)6-16-25/h2-19,29-30H,1H3,(H,34,39). The van der Waals surface area contributed by atoms with E-state index in [9.17, 15) is 0 Å².